The molecule has 24 heavy (non-hydrogen) atoms. The van der Waals surface area contributed by atoms with Crippen LogP contribution in [0.4, 0.5) is 0 Å². The molecule has 0 spiro atoms. The maximum atomic E-state index is 6.42. The lowest BCUT2D eigenvalue weighted by Gasteiger charge is -2.42. The molecule has 0 aromatic heterocycles. The second-order valence-corrected chi connectivity index (χ2v) is 9.81. The third-order valence-corrected chi connectivity index (χ3v) is 5.16. The summed E-state index contributed by atoms with van der Waals surface area (Å²) in [4.78, 5) is 8.66. The van der Waals surface area contributed by atoms with E-state index in [0.717, 1.165) is 32.5 Å². The van der Waals surface area contributed by atoms with Crippen LogP contribution in [-0.4, -0.2) is 43.7 Å². The monoisotopic (exact) mass is 334 g/mol. The van der Waals surface area contributed by atoms with Gasteiger partial charge in [-0.05, 0) is 56.3 Å². The summed E-state index contributed by atoms with van der Waals surface area (Å²) in [5, 5.41) is 2.19. The molecule has 138 valence electrons. The molecule has 1 saturated heterocycles. The molecule has 1 fully saturated rings. The number of hydroxylamine groups is 2. The Balaban J connectivity index is 2.22. The smallest absolute Gasteiger partial charge is 0.131 e. The summed E-state index contributed by atoms with van der Waals surface area (Å²) in [7, 11) is 4.26. The Morgan fingerprint density at radius 2 is 1.79 bits per heavy atom. The molecule has 2 rings (SSSR count). The highest BCUT2D eigenvalue weighted by molar-refractivity contribution is 5.38. The fourth-order valence-corrected chi connectivity index (χ4v) is 3.55. The van der Waals surface area contributed by atoms with Crippen molar-refractivity contribution in [1.82, 2.24) is 9.96 Å². The van der Waals surface area contributed by atoms with Crippen LogP contribution in [0.15, 0.2) is 23.0 Å². The summed E-state index contributed by atoms with van der Waals surface area (Å²) in [5.41, 5.74) is 3.34. The van der Waals surface area contributed by atoms with E-state index in [0.29, 0.717) is 5.92 Å². The largest absolute Gasteiger partial charge is 0.410 e. The molecule has 1 aliphatic carbocycles. The van der Waals surface area contributed by atoms with Crippen molar-refractivity contribution >= 4 is 0 Å². The van der Waals surface area contributed by atoms with Gasteiger partial charge in [-0.2, -0.15) is 0 Å². The maximum Gasteiger partial charge on any atom is 0.131 e. The highest BCUT2D eigenvalue weighted by Crippen LogP contribution is 2.46. The molecule has 0 aromatic rings. The Bertz CT molecular complexity index is 503. The third-order valence-electron chi connectivity index (χ3n) is 5.16. The minimum atomic E-state index is 0.122. The van der Waals surface area contributed by atoms with E-state index < -0.39 is 0 Å². The second kappa shape index (κ2) is 7.21. The van der Waals surface area contributed by atoms with Crippen LogP contribution in [0.25, 0.3) is 0 Å². The van der Waals surface area contributed by atoms with Gasteiger partial charge in [-0.1, -0.05) is 53.2 Å². The number of hydrogen-bond donors (Lipinski definition) is 0. The quantitative estimate of drug-likeness (QED) is 0.729. The van der Waals surface area contributed by atoms with Gasteiger partial charge in [0.05, 0.1) is 0 Å². The topological polar surface area (TPSA) is 15.7 Å². The molecule has 0 N–H and O–H groups in total. The lowest BCUT2D eigenvalue weighted by molar-refractivity contribution is -0.157. The average molecular weight is 335 g/mol. The van der Waals surface area contributed by atoms with Gasteiger partial charge in [0.2, 0.25) is 0 Å². The summed E-state index contributed by atoms with van der Waals surface area (Å²) in [6.07, 6.45) is 5.96. The van der Waals surface area contributed by atoms with E-state index in [-0.39, 0.29) is 10.8 Å². The molecular weight excluding hydrogens is 296 g/mol. The molecule has 3 nitrogen and oxygen atoms in total. The van der Waals surface area contributed by atoms with Crippen LogP contribution in [0.5, 0.6) is 0 Å². The normalized spacial score (nSPS) is 23.2. The van der Waals surface area contributed by atoms with E-state index in [2.05, 4.69) is 71.7 Å². The van der Waals surface area contributed by atoms with Crippen molar-refractivity contribution in [3.63, 3.8) is 0 Å². The van der Waals surface area contributed by atoms with Gasteiger partial charge in [-0.3, -0.25) is 0 Å². The summed E-state index contributed by atoms with van der Waals surface area (Å²) >= 11 is 0. The molecule has 0 radical (unpaired) electrons. The second-order valence-electron chi connectivity index (χ2n) is 9.81. The number of hydrogen-bond acceptors (Lipinski definition) is 3. The van der Waals surface area contributed by atoms with Crippen LogP contribution < -0.4 is 0 Å². The Hall–Kier alpha value is -0.800. The van der Waals surface area contributed by atoms with Crippen LogP contribution in [-0.2, 0) is 4.84 Å². The first-order valence-electron chi connectivity index (χ1n) is 9.52. The van der Waals surface area contributed by atoms with Crippen molar-refractivity contribution < 1.29 is 4.84 Å². The lowest BCUT2D eigenvalue weighted by Crippen LogP contribution is -2.38. The molecule has 1 atom stereocenters. The molecular formula is C21H38N2O. The summed E-state index contributed by atoms with van der Waals surface area (Å²) < 4.78 is 0. The summed E-state index contributed by atoms with van der Waals surface area (Å²) in [5.74, 6) is 1.80. The van der Waals surface area contributed by atoms with E-state index in [4.69, 9.17) is 4.84 Å². The van der Waals surface area contributed by atoms with Gasteiger partial charge in [0.1, 0.15) is 5.76 Å². The van der Waals surface area contributed by atoms with E-state index in [1.54, 1.807) is 5.57 Å². The van der Waals surface area contributed by atoms with E-state index in [1.165, 1.54) is 17.8 Å². The zero-order valence-electron chi connectivity index (χ0n) is 17.2. The SMILES string of the molecule is CN(C)CCCN1CCC2CC(C(C)(C)C)=CC(C(C)(C)C)=C2O1. The third kappa shape index (κ3) is 4.86. The van der Waals surface area contributed by atoms with Gasteiger partial charge in [0, 0.05) is 19.0 Å². The zero-order valence-corrected chi connectivity index (χ0v) is 17.2. The van der Waals surface area contributed by atoms with Gasteiger partial charge < -0.3 is 9.74 Å². The first kappa shape index (κ1) is 19.5. The number of nitrogens with zero attached hydrogens (tertiary/aromatic N) is 2. The Labute approximate surface area is 149 Å². The van der Waals surface area contributed by atoms with Crippen molar-refractivity contribution in [3.8, 4) is 0 Å². The van der Waals surface area contributed by atoms with Crippen molar-refractivity contribution in [1.29, 1.82) is 0 Å². The molecule has 0 saturated carbocycles. The summed E-state index contributed by atoms with van der Waals surface area (Å²) in [6, 6.07) is 0. The lowest BCUT2D eigenvalue weighted by atomic mass is 9.70. The van der Waals surface area contributed by atoms with Gasteiger partial charge in [-0.25, -0.2) is 0 Å². The molecule has 1 unspecified atom stereocenters. The maximum absolute atomic E-state index is 6.42. The van der Waals surface area contributed by atoms with Gasteiger partial charge in [-0.15, -0.1) is 5.06 Å². The van der Waals surface area contributed by atoms with Crippen molar-refractivity contribution in [2.24, 2.45) is 16.7 Å². The Morgan fingerprint density at radius 3 is 2.33 bits per heavy atom. The highest BCUT2D eigenvalue weighted by Gasteiger charge is 2.37. The van der Waals surface area contributed by atoms with Crippen LogP contribution in [0.2, 0.25) is 0 Å². The Kier molecular flexibility index (Phi) is 5.87. The van der Waals surface area contributed by atoms with Crippen LogP contribution in [0.3, 0.4) is 0 Å². The van der Waals surface area contributed by atoms with E-state index in [1.807, 2.05) is 0 Å². The predicted octanol–water partition coefficient (Wildman–Crippen LogP) is 4.87. The van der Waals surface area contributed by atoms with Crippen molar-refractivity contribution in [2.75, 3.05) is 33.7 Å². The molecule has 0 amide bonds. The molecule has 0 bridgehead atoms. The molecule has 2 aliphatic rings. The fraction of sp³-hybridized carbons (Fsp3) is 0.810. The van der Waals surface area contributed by atoms with Crippen LogP contribution in [0.1, 0.15) is 60.8 Å². The van der Waals surface area contributed by atoms with Crippen molar-refractivity contribution in [2.45, 2.75) is 60.8 Å². The highest BCUT2D eigenvalue weighted by atomic mass is 16.7. The van der Waals surface area contributed by atoms with E-state index in [9.17, 15) is 0 Å². The van der Waals surface area contributed by atoms with Crippen LogP contribution in [0, 0.1) is 16.7 Å². The molecule has 0 aromatic carbocycles. The van der Waals surface area contributed by atoms with E-state index >= 15 is 0 Å². The first-order valence-corrected chi connectivity index (χ1v) is 9.52. The average Bonchev–Trinajstić information content (AvgIpc) is 2.43. The predicted molar refractivity (Wildman–Crippen MR) is 103 cm³/mol. The molecule has 1 heterocycles. The summed E-state index contributed by atoms with van der Waals surface area (Å²) in [6.45, 7) is 17.1. The minimum Gasteiger partial charge on any atom is -0.410 e. The van der Waals surface area contributed by atoms with Gasteiger partial charge in [0.15, 0.2) is 0 Å². The zero-order chi connectivity index (χ0) is 18.1. The van der Waals surface area contributed by atoms with Crippen LogP contribution >= 0.6 is 0 Å². The van der Waals surface area contributed by atoms with Crippen molar-refractivity contribution in [3.05, 3.63) is 23.0 Å². The first-order chi connectivity index (χ1) is 11.0. The molecule has 1 aliphatic heterocycles. The Morgan fingerprint density at radius 1 is 1.12 bits per heavy atom. The van der Waals surface area contributed by atoms with Gasteiger partial charge >= 0.3 is 0 Å². The molecule has 3 heteroatoms. The fourth-order valence-electron chi connectivity index (χ4n) is 3.55. The number of rotatable bonds is 4. The minimum absolute atomic E-state index is 0.122. The van der Waals surface area contributed by atoms with Gasteiger partial charge in [0.25, 0.3) is 0 Å². The number of fused-ring (bicyclic) bond motifs is 1. The number of allylic oxidation sites excluding steroid dienone is 4. The standard InChI is InChI=1S/C21H38N2O/c1-20(2,3)17-14-16-10-13-23(12-9-11-22(7)8)24-19(16)18(15-17)21(4,5)6/h15-16H,9-14H2,1-8H3.